The predicted octanol–water partition coefficient (Wildman–Crippen LogP) is 2.48. The highest BCUT2D eigenvalue weighted by molar-refractivity contribution is 5.92. The van der Waals surface area contributed by atoms with E-state index in [4.69, 9.17) is 10.5 Å². The molecule has 0 radical (unpaired) electrons. The van der Waals surface area contributed by atoms with E-state index in [1.54, 1.807) is 36.7 Å². The topological polar surface area (TPSA) is 99.2 Å². The maximum atomic E-state index is 11.2. The number of carbonyl (C=O) groups is 1. The summed E-state index contributed by atoms with van der Waals surface area (Å²) in [6.45, 7) is 2.80. The first-order valence-electron chi connectivity index (χ1n) is 9.66. The first-order valence-corrected chi connectivity index (χ1v) is 9.66. The SMILES string of the molecule is Cn1cncc1CN1CCCC(c2nccnc2Oc2ccc(C(N)=O)cc2)C1. The number of nitrogens with two attached hydrogens (primary N) is 1. The van der Waals surface area contributed by atoms with E-state index >= 15 is 0 Å². The van der Waals surface area contributed by atoms with Crippen LogP contribution in [0.4, 0.5) is 0 Å². The summed E-state index contributed by atoms with van der Waals surface area (Å²) in [5.41, 5.74) is 7.79. The number of rotatable bonds is 6. The second-order valence-electron chi connectivity index (χ2n) is 7.31. The highest BCUT2D eigenvalue weighted by Crippen LogP contribution is 2.33. The Balaban J connectivity index is 1.49. The standard InChI is InChI=1S/C21H24N6O2/c1-26-14-23-11-17(26)13-27-10-2-3-16(12-27)19-21(25-9-8-24-19)29-18-6-4-15(5-7-18)20(22)28/h4-9,11,14,16H,2-3,10,12-13H2,1H3,(H2,22,28). The van der Waals surface area contributed by atoms with E-state index in [1.807, 2.05) is 19.6 Å². The number of hydrogen-bond acceptors (Lipinski definition) is 6. The van der Waals surface area contributed by atoms with Crippen molar-refractivity contribution >= 4 is 5.91 Å². The summed E-state index contributed by atoms with van der Waals surface area (Å²) < 4.78 is 8.05. The van der Waals surface area contributed by atoms with Gasteiger partial charge in [0, 0.05) is 50.2 Å². The molecule has 1 amide bonds. The van der Waals surface area contributed by atoms with Crippen molar-refractivity contribution in [2.24, 2.45) is 12.8 Å². The van der Waals surface area contributed by atoms with Crippen molar-refractivity contribution in [1.82, 2.24) is 24.4 Å². The van der Waals surface area contributed by atoms with Crippen molar-refractivity contribution in [2.45, 2.75) is 25.3 Å². The summed E-state index contributed by atoms with van der Waals surface area (Å²) in [6.07, 6.45) is 9.21. The molecule has 1 atom stereocenters. The summed E-state index contributed by atoms with van der Waals surface area (Å²) in [5, 5.41) is 0. The molecule has 0 spiro atoms. The number of amides is 1. The van der Waals surface area contributed by atoms with Gasteiger partial charge < -0.3 is 15.0 Å². The van der Waals surface area contributed by atoms with Crippen molar-refractivity contribution in [1.29, 1.82) is 0 Å². The van der Waals surface area contributed by atoms with Gasteiger partial charge in [0.15, 0.2) is 0 Å². The molecule has 150 valence electrons. The number of aryl methyl sites for hydroxylation is 1. The lowest BCUT2D eigenvalue weighted by Crippen LogP contribution is -2.34. The Labute approximate surface area is 169 Å². The van der Waals surface area contributed by atoms with Gasteiger partial charge in [-0.3, -0.25) is 14.7 Å². The van der Waals surface area contributed by atoms with Crippen LogP contribution >= 0.6 is 0 Å². The Hall–Kier alpha value is -3.26. The summed E-state index contributed by atoms with van der Waals surface area (Å²) in [4.78, 5) is 26.9. The number of primary amides is 1. The molecule has 0 saturated carbocycles. The second kappa shape index (κ2) is 8.40. The van der Waals surface area contributed by atoms with Crippen LogP contribution in [0.25, 0.3) is 0 Å². The third-order valence-electron chi connectivity index (χ3n) is 5.24. The van der Waals surface area contributed by atoms with Crippen molar-refractivity contribution < 1.29 is 9.53 Å². The van der Waals surface area contributed by atoms with Gasteiger partial charge in [-0.05, 0) is 43.7 Å². The lowest BCUT2D eigenvalue weighted by atomic mass is 9.94. The average molecular weight is 392 g/mol. The normalized spacial score (nSPS) is 17.2. The van der Waals surface area contributed by atoms with E-state index < -0.39 is 5.91 Å². The van der Waals surface area contributed by atoms with Crippen LogP contribution in [0.15, 0.2) is 49.2 Å². The number of benzene rings is 1. The molecule has 8 nitrogen and oxygen atoms in total. The summed E-state index contributed by atoms with van der Waals surface area (Å²) >= 11 is 0. The fourth-order valence-electron chi connectivity index (χ4n) is 3.68. The molecule has 29 heavy (non-hydrogen) atoms. The number of nitrogens with zero attached hydrogens (tertiary/aromatic N) is 5. The van der Waals surface area contributed by atoms with Gasteiger partial charge in [-0.1, -0.05) is 0 Å². The van der Waals surface area contributed by atoms with Gasteiger partial charge in [-0.15, -0.1) is 0 Å². The fraction of sp³-hybridized carbons (Fsp3) is 0.333. The number of aromatic nitrogens is 4. The molecule has 1 fully saturated rings. The summed E-state index contributed by atoms with van der Waals surface area (Å²) in [6, 6.07) is 6.72. The van der Waals surface area contributed by atoms with Gasteiger partial charge in [0.05, 0.1) is 12.0 Å². The molecule has 1 aliphatic heterocycles. The van der Waals surface area contributed by atoms with E-state index in [9.17, 15) is 4.79 Å². The monoisotopic (exact) mass is 392 g/mol. The minimum atomic E-state index is -0.465. The molecule has 1 aliphatic rings. The zero-order valence-corrected chi connectivity index (χ0v) is 16.4. The first kappa shape index (κ1) is 19.1. The lowest BCUT2D eigenvalue weighted by Gasteiger charge is -2.32. The van der Waals surface area contributed by atoms with E-state index in [1.165, 1.54) is 5.69 Å². The largest absolute Gasteiger partial charge is 0.437 e. The number of likely N-dealkylation sites (tertiary alicyclic amines) is 1. The van der Waals surface area contributed by atoms with Gasteiger partial charge in [0.25, 0.3) is 0 Å². The van der Waals surface area contributed by atoms with Crippen LogP contribution in [0.2, 0.25) is 0 Å². The molecule has 3 aromatic rings. The zero-order valence-electron chi connectivity index (χ0n) is 16.4. The number of imidazole rings is 1. The molecule has 4 rings (SSSR count). The molecule has 0 bridgehead atoms. The van der Waals surface area contributed by atoms with Crippen LogP contribution in [-0.4, -0.2) is 43.4 Å². The summed E-state index contributed by atoms with van der Waals surface area (Å²) in [5.74, 6) is 0.879. The van der Waals surface area contributed by atoms with E-state index in [0.717, 1.165) is 38.2 Å². The molecule has 0 aliphatic carbocycles. The Morgan fingerprint density at radius 1 is 1.24 bits per heavy atom. The molecule has 2 aromatic heterocycles. The third-order valence-corrected chi connectivity index (χ3v) is 5.24. The maximum Gasteiger partial charge on any atom is 0.248 e. The Morgan fingerprint density at radius 2 is 2.03 bits per heavy atom. The third kappa shape index (κ3) is 4.43. The smallest absolute Gasteiger partial charge is 0.248 e. The van der Waals surface area contributed by atoms with Crippen LogP contribution < -0.4 is 10.5 Å². The fourth-order valence-corrected chi connectivity index (χ4v) is 3.68. The lowest BCUT2D eigenvalue weighted by molar-refractivity contribution is 0.100. The van der Waals surface area contributed by atoms with Crippen LogP contribution in [0, 0.1) is 0 Å². The minimum absolute atomic E-state index is 0.241. The molecule has 1 aromatic carbocycles. The number of carbonyl (C=O) groups excluding carboxylic acids is 1. The van der Waals surface area contributed by atoms with Crippen LogP contribution in [0.3, 0.4) is 0 Å². The van der Waals surface area contributed by atoms with Crippen molar-refractivity contribution in [3.63, 3.8) is 0 Å². The molecule has 1 saturated heterocycles. The summed E-state index contributed by atoms with van der Waals surface area (Å²) in [7, 11) is 2.02. The van der Waals surface area contributed by atoms with Crippen LogP contribution in [-0.2, 0) is 13.6 Å². The molecule has 1 unspecified atom stereocenters. The zero-order chi connectivity index (χ0) is 20.2. The highest BCUT2D eigenvalue weighted by atomic mass is 16.5. The number of ether oxygens (including phenoxy) is 1. The predicted molar refractivity (Wildman–Crippen MR) is 108 cm³/mol. The van der Waals surface area contributed by atoms with Crippen LogP contribution in [0.5, 0.6) is 11.6 Å². The Kier molecular flexibility index (Phi) is 5.53. The van der Waals surface area contributed by atoms with E-state index in [-0.39, 0.29) is 5.92 Å². The van der Waals surface area contributed by atoms with Crippen LogP contribution in [0.1, 0.15) is 40.5 Å². The second-order valence-corrected chi connectivity index (χ2v) is 7.31. The quantitative estimate of drug-likeness (QED) is 0.692. The van der Waals surface area contributed by atoms with Gasteiger partial charge in [-0.2, -0.15) is 0 Å². The minimum Gasteiger partial charge on any atom is -0.437 e. The van der Waals surface area contributed by atoms with E-state index in [2.05, 4.69) is 24.4 Å². The van der Waals surface area contributed by atoms with Crippen molar-refractivity contribution in [2.75, 3.05) is 13.1 Å². The molecule has 3 heterocycles. The van der Waals surface area contributed by atoms with Gasteiger partial charge in [-0.25, -0.2) is 9.97 Å². The molecular weight excluding hydrogens is 368 g/mol. The number of piperidine rings is 1. The molecular formula is C21H24N6O2. The first-order chi connectivity index (χ1) is 14.1. The van der Waals surface area contributed by atoms with Gasteiger partial charge >= 0.3 is 0 Å². The van der Waals surface area contributed by atoms with Gasteiger partial charge in [0.1, 0.15) is 11.4 Å². The average Bonchev–Trinajstić information content (AvgIpc) is 3.13. The Bertz CT molecular complexity index is 985. The van der Waals surface area contributed by atoms with Crippen molar-refractivity contribution in [3.8, 4) is 11.6 Å². The highest BCUT2D eigenvalue weighted by Gasteiger charge is 2.26. The molecule has 2 N–H and O–H groups in total. The maximum absolute atomic E-state index is 11.2. The number of hydrogen-bond donors (Lipinski definition) is 1. The van der Waals surface area contributed by atoms with Crippen molar-refractivity contribution in [3.05, 3.63) is 66.1 Å². The van der Waals surface area contributed by atoms with Gasteiger partial charge in [0.2, 0.25) is 11.8 Å². The molecule has 8 heteroatoms. The Morgan fingerprint density at radius 3 is 2.76 bits per heavy atom. The van der Waals surface area contributed by atoms with E-state index in [0.29, 0.717) is 17.2 Å².